The van der Waals surface area contributed by atoms with E-state index in [1.807, 2.05) is 46.2 Å². The Morgan fingerprint density at radius 1 is 0.935 bits per heavy atom. The zero-order chi connectivity index (χ0) is 21.5. The lowest BCUT2D eigenvalue weighted by Gasteiger charge is -2.46. The number of ether oxygens (including phenoxy) is 2. The van der Waals surface area contributed by atoms with Crippen molar-refractivity contribution in [3.63, 3.8) is 0 Å². The Labute approximate surface area is 182 Å². The highest BCUT2D eigenvalue weighted by molar-refractivity contribution is 6.01. The monoisotopic (exact) mass is 420 g/mol. The van der Waals surface area contributed by atoms with Crippen LogP contribution in [0.25, 0.3) is 0 Å². The number of piperidine rings is 1. The summed E-state index contributed by atoms with van der Waals surface area (Å²) in [5.41, 5.74) is 3.59. The molecule has 0 radical (unpaired) electrons. The van der Waals surface area contributed by atoms with E-state index < -0.39 is 5.92 Å². The van der Waals surface area contributed by atoms with Gasteiger partial charge in [-0.2, -0.15) is 0 Å². The fourth-order valence-corrected chi connectivity index (χ4v) is 5.43. The van der Waals surface area contributed by atoms with Gasteiger partial charge in [-0.25, -0.2) is 0 Å². The predicted octanol–water partition coefficient (Wildman–Crippen LogP) is 3.55. The maximum atomic E-state index is 13.9. The summed E-state index contributed by atoms with van der Waals surface area (Å²) in [5, 5.41) is 0. The van der Waals surface area contributed by atoms with Crippen LogP contribution in [-0.2, 0) is 11.2 Å². The van der Waals surface area contributed by atoms with Gasteiger partial charge < -0.3 is 19.3 Å². The number of nitrogens with zero attached hydrogens (tertiary/aromatic N) is 2. The summed E-state index contributed by atoms with van der Waals surface area (Å²) in [6, 6.07) is 11.2. The highest BCUT2D eigenvalue weighted by atomic mass is 16.5. The highest BCUT2D eigenvalue weighted by Crippen LogP contribution is 2.49. The largest absolute Gasteiger partial charge is 0.493 e. The van der Waals surface area contributed by atoms with Gasteiger partial charge in [0.05, 0.1) is 26.2 Å². The molecule has 2 amide bonds. The molecular formula is C25H28N2O4. The summed E-state index contributed by atoms with van der Waals surface area (Å²) >= 11 is 0. The minimum absolute atomic E-state index is 0.00345. The lowest BCUT2D eigenvalue weighted by atomic mass is 9.75. The Bertz CT molecular complexity index is 1030. The molecule has 0 aliphatic carbocycles. The second-order valence-electron chi connectivity index (χ2n) is 8.55. The van der Waals surface area contributed by atoms with Crippen molar-refractivity contribution < 1.29 is 19.1 Å². The molecule has 5 rings (SSSR count). The normalized spacial score (nSPS) is 22.3. The summed E-state index contributed by atoms with van der Waals surface area (Å²) in [5.74, 6) is 1.01. The van der Waals surface area contributed by atoms with Gasteiger partial charge in [-0.3, -0.25) is 9.59 Å². The first-order valence-electron chi connectivity index (χ1n) is 11.1. The molecular weight excluding hydrogens is 392 g/mol. The molecule has 2 aromatic rings. The van der Waals surface area contributed by atoms with Crippen molar-refractivity contribution in [2.45, 2.75) is 37.6 Å². The molecule has 6 nitrogen and oxygen atoms in total. The quantitative estimate of drug-likeness (QED) is 0.762. The number of likely N-dealkylation sites (tertiary alicyclic amines) is 1. The number of rotatable bonds is 3. The SMILES string of the molecule is COc1cc2c(cc1OC)[C@@H]1[C@H](C(=O)N3CCCCC3)c3ccccc3C(=O)N1CC2. The molecule has 0 N–H and O–H groups in total. The number of hydrogen-bond donors (Lipinski definition) is 0. The van der Waals surface area contributed by atoms with Gasteiger partial charge >= 0.3 is 0 Å². The van der Waals surface area contributed by atoms with E-state index in [9.17, 15) is 9.59 Å². The van der Waals surface area contributed by atoms with Gasteiger partial charge in [0.15, 0.2) is 11.5 Å². The molecule has 3 aliphatic rings. The fraction of sp³-hybridized carbons (Fsp3) is 0.440. The second-order valence-corrected chi connectivity index (χ2v) is 8.55. The molecule has 1 fully saturated rings. The van der Waals surface area contributed by atoms with E-state index in [-0.39, 0.29) is 17.9 Å². The molecule has 3 aliphatic heterocycles. The molecule has 2 aromatic carbocycles. The number of fused-ring (bicyclic) bond motifs is 4. The van der Waals surface area contributed by atoms with Gasteiger partial charge in [0.1, 0.15) is 0 Å². The molecule has 0 aromatic heterocycles. The molecule has 0 spiro atoms. The summed E-state index contributed by atoms with van der Waals surface area (Å²) < 4.78 is 11.1. The first-order chi connectivity index (χ1) is 15.1. The molecule has 2 atom stereocenters. The van der Waals surface area contributed by atoms with Crippen molar-refractivity contribution >= 4 is 11.8 Å². The number of amides is 2. The topological polar surface area (TPSA) is 59.1 Å². The first kappa shape index (κ1) is 19.9. The van der Waals surface area contributed by atoms with Crippen LogP contribution in [0, 0.1) is 0 Å². The third-order valence-corrected chi connectivity index (χ3v) is 6.96. The standard InChI is InChI=1S/C25H28N2O4/c1-30-20-14-16-10-13-27-23(19(16)15-21(20)31-2)22(25(29)26-11-6-3-7-12-26)17-8-4-5-9-18(17)24(27)28/h4-5,8-9,14-15,22-23H,3,6-7,10-13H2,1-2H3/t22-,23-/m1/s1. The minimum Gasteiger partial charge on any atom is -0.493 e. The van der Waals surface area contributed by atoms with Crippen LogP contribution in [0.1, 0.15) is 58.3 Å². The number of carbonyl (C=O) groups excluding carboxylic acids is 2. The van der Waals surface area contributed by atoms with Crippen LogP contribution in [0.3, 0.4) is 0 Å². The van der Waals surface area contributed by atoms with Gasteiger partial charge in [0.2, 0.25) is 5.91 Å². The molecule has 0 unspecified atom stereocenters. The van der Waals surface area contributed by atoms with Crippen LogP contribution in [-0.4, -0.2) is 55.5 Å². The zero-order valence-corrected chi connectivity index (χ0v) is 18.1. The number of carbonyl (C=O) groups is 2. The summed E-state index contributed by atoms with van der Waals surface area (Å²) in [6.07, 6.45) is 3.97. The minimum atomic E-state index is -0.413. The Morgan fingerprint density at radius 2 is 1.65 bits per heavy atom. The van der Waals surface area contributed by atoms with Crippen molar-refractivity contribution in [2.75, 3.05) is 33.9 Å². The molecule has 0 saturated carbocycles. The average molecular weight is 421 g/mol. The maximum absolute atomic E-state index is 13.9. The van der Waals surface area contributed by atoms with Crippen LogP contribution >= 0.6 is 0 Å². The third-order valence-electron chi connectivity index (χ3n) is 6.96. The van der Waals surface area contributed by atoms with Gasteiger partial charge in [-0.15, -0.1) is 0 Å². The molecule has 0 bridgehead atoms. The summed E-state index contributed by atoms with van der Waals surface area (Å²) in [6.45, 7) is 2.16. The van der Waals surface area contributed by atoms with Crippen LogP contribution < -0.4 is 9.47 Å². The first-order valence-corrected chi connectivity index (χ1v) is 11.1. The lowest BCUT2D eigenvalue weighted by molar-refractivity contribution is -0.135. The van der Waals surface area contributed by atoms with E-state index in [1.54, 1.807) is 14.2 Å². The molecule has 6 heteroatoms. The van der Waals surface area contributed by atoms with Crippen molar-refractivity contribution in [2.24, 2.45) is 0 Å². The number of hydrogen-bond acceptors (Lipinski definition) is 4. The van der Waals surface area contributed by atoms with E-state index in [4.69, 9.17) is 9.47 Å². The van der Waals surface area contributed by atoms with Gasteiger partial charge in [-0.05, 0) is 60.6 Å². The van der Waals surface area contributed by atoms with Gasteiger partial charge in [0, 0.05) is 25.2 Å². The van der Waals surface area contributed by atoms with Crippen molar-refractivity contribution in [3.05, 3.63) is 58.7 Å². The van der Waals surface area contributed by atoms with Crippen LogP contribution in [0.4, 0.5) is 0 Å². The van der Waals surface area contributed by atoms with Gasteiger partial charge in [-0.1, -0.05) is 18.2 Å². The van der Waals surface area contributed by atoms with E-state index in [2.05, 4.69) is 0 Å². The smallest absolute Gasteiger partial charge is 0.254 e. The van der Waals surface area contributed by atoms with E-state index in [0.29, 0.717) is 23.6 Å². The zero-order valence-electron chi connectivity index (χ0n) is 18.1. The van der Waals surface area contributed by atoms with E-state index in [1.165, 1.54) is 6.42 Å². The van der Waals surface area contributed by atoms with Crippen molar-refractivity contribution in [1.29, 1.82) is 0 Å². The third kappa shape index (κ3) is 3.16. The molecule has 31 heavy (non-hydrogen) atoms. The molecule has 3 heterocycles. The van der Waals surface area contributed by atoms with Crippen LogP contribution in [0.5, 0.6) is 11.5 Å². The average Bonchev–Trinajstić information content (AvgIpc) is 2.83. The van der Waals surface area contributed by atoms with Crippen LogP contribution in [0.15, 0.2) is 36.4 Å². The fourth-order valence-electron chi connectivity index (χ4n) is 5.43. The molecule has 162 valence electrons. The summed E-state index contributed by atoms with van der Waals surface area (Å²) in [7, 11) is 3.24. The predicted molar refractivity (Wildman–Crippen MR) is 117 cm³/mol. The van der Waals surface area contributed by atoms with E-state index >= 15 is 0 Å². The number of methoxy groups -OCH3 is 2. The van der Waals surface area contributed by atoms with Crippen molar-refractivity contribution in [1.82, 2.24) is 9.80 Å². The Hall–Kier alpha value is -3.02. The Morgan fingerprint density at radius 3 is 2.39 bits per heavy atom. The van der Waals surface area contributed by atoms with Gasteiger partial charge in [0.25, 0.3) is 5.91 Å². The number of benzene rings is 2. The Kier molecular flexibility index (Phi) is 5.08. The van der Waals surface area contributed by atoms with Crippen LogP contribution in [0.2, 0.25) is 0 Å². The van der Waals surface area contributed by atoms with E-state index in [0.717, 1.165) is 49.0 Å². The van der Waals surface area contributed by atoms with Crippen molar-refractivity contribution in [3.8, 4) is 11.5 Å². The summed E-state index contributed by atoms with van der Waals surface area (Å²) in [4.78, 5) is 31.2. The molecule has 1 saturated heterocycles. The lowest BCUT2D eigenvalue weighted by Crippen LogP contribution is -2.51. The Balaban J connectivity index is 1.67. The maximum Gasteiger partial charge on any atom is 0.254 e. The second kappa shape index (κ2) is 7.91. The highest BCUT2D eigenvalue weighted by Gasteiger charge is 2.47.